The predicted molar refractivity (Wildman–Crippen MR) is 72.5 cm³/mol. The van der Waals surface area contributed by atoms with Crippen LogP contribution in [0.2, 0.25) is 0 Å². The molecule has 3 N–H and O–H groups in total. The Hall–Kier alpha value is -1.13. The van der Waals surface area contributed by atoms with Gasteiger partial charge in [0, 0.05) is 6.04 Å². The topological polar surface area (TPSA) is 55.5 Å². The van der Waals surface area contributed by atoms with E-state index in [0.717, 1.165) is 37.7 Å². The molecule has 1 aliphatic rings. The summed E-state index contributed by atoms with van der Waals surface area (Å²) >= 11 is 0. The lowest BCUT2D eigenvalue weighted by Crippen LogP contribution is -2.30. The van der Waals surface area contributed by atoms with Gasteiger partial charge in [-0.05, 0) is 43.9 Å². The average Bonchev–Trinajstić information content (AvgIpc) is 2.57. The van der Waals surface area contributed by atoms with E-state index in [-0.39, 0.29) is 17.9 Å². The molecule has 106 valence electrons. The monoisotopic (exact) mass is 267 g/mol. The van der Waals surface area contributed by atoms with Crippen molar-refractivity contribution in [2.75, 3.05) is 0 Å². The molecular weight excluding hydrogens is 245 g/mol. The number of hydrogen-bond acceptors (Lipinski definition) is 3. The van der Waals surface area contributed by atoms with Gasteiger partial charge in [-0.25, -0.2) is 4.39 Å². The molecule has 1 aromatic rings. The van der Waals surface area contributed by atoms with Crippen molar-refractivity contribution in [3.05, 3.63) is 29.6 Å². The van der Waals surface area contributed by atoms with E-state index in [9.17, 15) is 9.50 Å². The number of halogens is 1. The van der Waals surface area contributed by atoms with Crippen molar-refractivity contribution >= 4 is 0 Å². The number of hydrogen-bond donors (Lipinski definition) is 2. The maximum atomic E-state index is 13.9. The highest BCUT2D eigenvalue weighted by Crippen LogP contribution is 2.26. The van der Waals surface area contributed by atoms with Crippen molar-refractivity contribution in [2.24, 2.45) is 5.73 Å². The number of ether oxygens (including phenoxy) is 1. The number of benzene rings is 1. The zero-order chi connectivity index (χ0) is 13.8. The molecule has 1 aliphatic carbocycles. The van der Waals surface area contributed by atoms with Crippen molar-refractivity contribution in [3.8, 4) is 5.75 Å². The first kappa shape index (κ1) is 14.3. The lowest BCUT2D eigenvalue weighted by molar-refractivity contribution is 0.0298. The fourth-order valence-corrected chi connectivity index (χ4v) is 2.45. The van der Waals surface area contributed by atoms with Crippen LogP contribution in [0.1, 0.15) is 50.6 Å². The van der Waals surface area contributed by atoms with E-state index in [1.807, 2.05) is 6.92 Å². The van der Waals surface area contributed by atoms with E-state index in [4.69, 9.17) is 10.5 Å². The largest absolute Gasteiger partial charge is 0.485 e. The van der Waals surface area contributed by atoms with Gasteiger partial charge in [-0.2, -0.15) is 0 Å². The van der Waals surface area contributed by atoms with E-state index in [1.165, 1.54) is 6.07 Å². The van der Waals surface area contributed by atoms with Gasteiger partial charge >= 0.3 is 0 Å². The molecule has 0 radical (unpaired) electrons. The Morgan fingerprint density at radius 3 is 2.74 bits per heavy atom. The standard InChI is InChI=1S/C15H22FNO2/c1-10(17)11-7-8-14(12(16)9-11)19-15-6-4-2-3-5-13(15)18/h7-10,13,15,18H,2-6,17H2,1H3/t10-,13?,15?/m0/s1. The Labute approximate surface area is 113 Å². The molecule has 3 nitrogen and oxygen atoms in total. The summed E-state index contributed by atoms with van der Waals surface area (Å²) in [4.78, 5) is 0. The van der Waals surface area contributed by atoms with Crippen LogP contribution >= 0.6 is 0 Å². The molecule has 3 atom stereocenters. The maximum absolute atomic E-state index is 13.9. The minimum Gasteiger partial charge on any atom is -0.485 e. The summed E-state index contributed by atoms with van der Waals surface area (Å²) in [5, 5.41) is 9.98. The normalized spacial score (nSPS) is 25.7. The summed E-state index contributed by atoms with van der Waals surface area (Å²) in [6.07, 6.45) is 3.81. The maximum Gasteiger partial charge on any atom is 0.165 e. The van der Waals surface area contributed by atoms with Gasteiger partial charge in [0.1, 0.15) is 6.10 Å². The van der Waals surface area contributed by atoms with Crippen molar-refractivity contribution in [1.82, 2.24) is 0 Å². The fourth-order valence-electron chi connectivity index (χ4n) is 2.45. The Bertz CT molecular complexity index is 423. The van der Waals surface area contributed by atoms with Crippen LogP contribution in [0.15, 0.2) is 18.2 Å². The van der Waals surface area contributed by atoms with Gasteiger partial charge in [0.2, 0.25) is 0 Å². The molecule has 19 heavy (non-hydrogen) atoms. The molecule has 1 fully saturated rings. The fraction of sp³-hybridized carbons (Fsp3) is 0.600. The van der Waals surface area contributed by atoms with Crippen molar-refractivity contribution in [2.45, 2.75) is 57.3 Å². The summed E-state index contributed by atoms with van der Waals surface area (Å²) in [7, 11) is 0. The van der Waals surface area contributed by atoms with Gasteiger partial charge in [0.05, 0.1) is 6.10 Å². The highest BCUT2D eigenvalue weighted by Gasteiger charge is 2.24. The van der Waals surface area contributed by atoms with E-state index in [0.29, 0.717) is 0 Å². The SMILES string of the molecule is C[C@H](N)c1ccc(OC2CCCCCC2O)c(F)c1. The Morgan fingerprint density at radius 2 is 2.05 bits per heavy atom. The molecule has 2 rings (SSSR count). The number of nitrogens with two attached hydrogens (primary N) is 1. The van der Waals surface area contributed by atoms with Gasteiger partial charge < -0.3 is 15.6 Å². The first-order chi connectivity index (χ1) is 9.08. The summed E-state index contributed by atoms with van der Waals surface area (Å²) in [5.74, 6) is -0.207. The van der Waals surface area contributed by atoms with E-state index in [2.05, 4.69) is 0 Å². The molecule has 4 heteroatoms. The minimum absolute atomic E-state index is 0.202. The lowest BCUT2D eigenvalue weighted by atomic mass is 10.1. The quantitative estimate of drug-likeness (QED) is 0.828. The molecule has 1 aromatic carbocycles. The third-order valence-corrected chi connectivity index (χ3v) is 3.68. The second-order valence-corrected chi connectivity index (χ2v) is 5.34. The number of aliphatic hydroxyl groups excluding tert-OH is 1. The third kappa shape index (κ3) is 3.67. The molecular formula is C15H22FNO2. The predicted octanol–water partition coefficient (Wildman–Crippen LogP) is 2.92. The van der Waals surface area contributed by atoms with Gasteiger partial charge in [0.25, 0.3) is 0 Å². The van der Waals surface area contributed by atoms with Gasteiger partial charge in [0.15, 0.2) is 11.6 Å². The molecule has 0 heterocycles. The average molecular weight is 267 g/mol. The second-order valence-electron chi connectivity index (χ2n) is 5.34. The van der Waals surface area contributed by atoms with Crippen molar-refractivity contribution in [3.63, 3.8) is 0 Å². The summed E-state index contributed by atoms with van der Waals surface area (Å²) < 4.78 is 19.6. The van der Waals surface area contributed by atoms with E-state index >= 15 is 0 Å². The van der Waals surface area contributed by atoms with Crippen LogP contribution in [0, 0.1) is 5.82 Å². The molecule has 0 aromatic heterocycles. The first-order valence-electron chi connectivity index (χ1n) is 6.97. The van der Waals surface area contributed by atoms with Crippen LogP contribution in [-0.4, -0.2) is 17.3 Å². The molecule has 1 saturated carbocycles. The Balaban J connectivity index is 2.09. The Morgan fingerprint density at radius 1 is 1.32 bits per heavy atom. The molecule has 2 unspecified atom stereocenters. The van der Waals surface area contributed by atoms with Crippen LogP contribution in [0.4, 0.5) is 4.39 Å². The van der Waals surface area contributed by atoms with Crippen LogP contribution in [-0.2, 0) is 0 Å². The lowest BCUT2D eigenvalue weighted by Gasteiger charge is -2.22. The highest BCUT2D eigenvalue weighted by molar-refractivity contribution is 5.31. The van der Waals surface area contributed by atoms with Crippen LogP contribution in [0.25, 0.3) is 0 Å². The molecule has 0 amide bonds. The van der Waals surface area contributed by atoms with Crippen LogP contribution in [0.5, 0.6) is 5.75 Å². The van der Waals surface area contributed by atoms with E-state index in [1.54, 1.807) is 12.1 Å². The molecule has 0 aliphatic heterocycles. The molecule has 0 bridgehead atoms. The summed E-state index contributed by atoms with van der Waals surface area (Å²) in [6.45, 7) is 1.81. The van der Waals surface area contributed by atoms with Gasteiger partial charge in [-0.3, -0.25) is 0 Å². The zero-order valence-electron chi connectivity index (χ0n) is 11.3. The van der Waals surface area contributed by atoms with Crippen LogP contribution < -0.4 is 10.5 Å². The van der Waals surface area contributed by atoms with E-state index < -0.39 is 11.9 Å². The third-order valence-electron chi connectivity index (χ3n) is 3.68. The summed E-state index contributed by atoms with van der Waals surface area (Å²) in [5.41, 5.74) is 6.45. The molecule has 0 spiro atoms. The number of aliphatic hydroxyl groups is 1. The second kappa shape index (κ2) is 6.35. The Kier molecular flexibility index (Phi) is 4.77. The zero-order valence-corrected chi connectivity index (χ0v) is 11.3. The number of rotatable bonds is 3. The van der Waals surface area contributed by atoms with Crippen molar-refractivity contribution < 1.29 is 14.2 Å². The molecule has 0 saturated heterocycles. The smallest absolute Gasteiger partial charge is 0.165 e. The van der Waals surface area contributed by atoms with Gasteiger partial charge in [-0.15, -0.1) is 0 Å². The van der Waals surface area contributed by atoms with Gasteiger partial charge in [-0.1, -0.05) is 18.9 Å². The van der Waals surface area contributed by atoms with Crippen molar-refractivity contribution in [1.29, 1.82) is 0 Å². The summed E-state index contributed by atoms with van der Waals surface area (Å²) in [6, 6.07) is 4.58. The first-order valence-corrected chi connectivity index (χ1v) is 6.97. The minimum atomic E-state index is -0.505. The highest BCUT2D eigenvalue weighted by atomic mass is 19.1. The van der Waals surface area contributed by atoms with Crippen LogP contribution in [0.3, 0.4) is 0 Å².